The fraction of sp³-hybridized carbons (Fsp3) is 0.632. The van der Waals surface area contributed by atoms with Gasteiger partial charge in [-0.25, -0.2) is 0 Å². The van der Waals surface area contributed by atoms with Gasteiger partial charge in [-0.15, -0.1) is 0 Å². The van der Waals surface area contributed by atoms with Crippen LogP contribution in [0, 0.1) is 5.41 Å². The summed E-state index contributed by atoms with van der Waals surface area (Å²) < 4.78 is 11.1. The Kier molecular flexibility index (Phi) is 5.37. The Balaban J connectivity index is 1.57. The number of nitrogens with zero attached hydrogens (tertiary/aromatic N) is 1. The number of ether oxygens (including phenoxy) is 2. The first kappa shape index (κ1) is 17.9. The van der Waals surface area contributed by atoms with E-state index in [1.165, 1.54) is 19.3 Å². The summed E-state index contributed by atoms with van der Waals surface area (Å²) in [5.41, 5.74) is 1.06. The maximum Gasteiger partial charge on any atom is 0.191 e. The third-order valence-electron chi connectivity index (χ3n) is 5.70. The molecule has 2 aliphatic carbocycles. The first-order chi connectivity index (χ1) is 12.1. The van der Waals surface area contributed by atoms with E-state index in [1.54, 1.807) is 26.3 Å². The van der Waals surface area contributed by atoms with Crippen LogP contribution in [0.5, 0.6) is 11.5 Å². The van der Waals surface area contributed by atoms with Crippen LogP contribution in [0.2, 0.25) is 0 Å². The Morgan fingerprint density at radius 1 is 1.40 bits per heavy atom. The van der Waals surface area contributed by atoms with Gasteiger partial charge >= 0.3 is 0 Å². The Hall–Kier alpha value is -1.95. The minimum Gasteiger partial charge on any atom is -0.508 e. The van der Waals surface area contributed by atoms with E-state index < -0.39 is 0 Å². The highest BCUT2D eigenvalue weighted by atomic mass is 16.5. The molecule has 2 fully saturated rings. The Morgan fingerprint density at radius 3 is 2.80 bits per heavy atom. The molecule has 6 nitrogen and oxygen atoms in total. The van der Waals surface area contributed by atoms with Gasteiger partial charge in [-0.05, 0) is 44.4 Å². The van der Waals surface area contributed by atoms with Gasteiger partial charge in [0.15, 0.2) is 5.96 Å². The second-order valence-electron chi connectivity index (χ2n) is 6.88. The molecule has 6 heteroatoms. The molecule has 1 aromatic rings. The van der Waals surface area contributed by atoms with Gasteiger partial charge in [-0.2, -0.15) is 0 Å². The Bertz CT molecular complexity index is 628. The standard InChI is InChI=1S/C19H29N3O3/c1-4-25-17-11-16(19(17)8-5-9-19)22-18(20-2)21-12-13-10-14(24-3)6-7-15(13)23/h6-7,10,16-17,23H,4-5,8-9,11-12H2,1-3H3,(H2,20,21,22). The van der Waals surface area contributed by atoms with Gasteiger partial charge in [0.05, 0.1) is 13.2 Å². The van der Waals surface area contributed by atoms with Crippen molar-refractivity contribution in [2.24, 2.45) is 10.4 Å². The maximum atomic E-state index is 10.0. The van der Waals surface area contributed by atoms with E-state index in [4.69, 9.17) is 9.47 Å². The zero-order valence-corrected chi connectivity index (χ0v) is 15.3. The molecule has 2 unspecified atom stereocenters. The average Bonchev–Trinajstić information content (AvgIpc) is 2.56. The van der Waals surface area contributed by atoms with Crippen LogP contribution in [0.3, 0.4) is 0 Å². The number of phenolic OH excluding ortho intramolecular Hbond substituents is 1. The summed E-state index contributed by atoms with van der Waals surface area (Å²) >= 11 is 0. The lowest BCUT2D eigenvalue weighted by Gasteiger charge is -2.61. The maximum absolute atomic E-state index is 10.0. The van der Waals surface area contributed by atoms with Crippen LogP contribution in [0.4, 0.5) is 0 Å². The molecule has 0 saturated heterocycles. The van der Waals surface area contributed by atoms with Gasteiger partial charge in [-0.3, -0.25) is 4.99 Å². The highest BCUT2D eigenvalue weighted by Gasteiger charge is 2.59. The topological polar surface area (TPSA) is 75.1 Å². The molecule has 3 rings (SSSR count). The first-order valence-corrected chi connectivity index (χ1v) is 9.07. The van der Waals surface area contributed by atoms with Gasteiger partial charge < -0.3 is 25.2 Å². The van der Waals surface area contributed by atoms with E-state index in [0.29, 0.717) is 18.7 Å². The van der Waals surface area contributed by atoms with Gasteiger partial charge in [0.1, 0.15) is 11.5 Å². The predicted octanol–water partition coefficient (Wildman–Crippen LogP) is 2.41. The molecule has 0 heterocycles. The van der Waals surface area contributed by atoms with E-state index in [0.717, 1.165) is 30.3 Å². The monoisotopic (exact) mass is 347 g/mol. The highest BCUT2D eigenvalue weighted by molar-refractivity contribution is 5.80. The normalized spacial score (nSPS) is 24.4. The van der Waals surface area contributed by atoms with Crippen molar-refractivity contribution < 1.29 is 14.6 Å². The van der Waals surface area contributed by atoms with E-state index in [9.17, 15) is 5.11 Å². The highest BCUT2D eigenvalue weighted by Crippen LogP contribution is 2.57. The molecule has 0 aliphatic heterocycles. The molecule has 138 valence electrons. The predicted molar refractivity (Wildman–Crippen MR) is 98.1 cm³/mol. The van der Waals surface area contributed by atoms with Crippen molar-refractivity contribution in [1.82, 2.24) is 10.6 Å². The first-order valence-electron chi connectivity index (χ1n) is 9.07. The second kappa shape index (κ2) is 7.52. The quantitative estimate of drug-likeness (QED) is 0.544. The molecule has 2 aliphatic rings. The molecule has 2 saturated carbocycles. The van der Waals surface area contributed by atoms with Gasteiger partial charge in [0.25, 0.3) is 0 Å². The van der Waals surface area contributed by atoms with Crippen LogP contribution >= 0.6 is 0 Å². The van der Waals surface area contributed by atoms with Crippen molar-refractivity contribution in [2.45, 2.75) is 51.3 Å². The van der Waals surface area contributed by atoms with Crippen LogP contribution in [-0.4, -0.2) is 44.0 Å². The zero-order chi connectivity index (χ0) is 17.9. The van der Waals surface area contributed by atoms with Crippen LogP contribution in [0.1, 0.15) is 38.2 Å². The largest absolute Gasteiger partial charge is 0.508 e. The number of nitrogens with one attached hydrogen (secondary N) is 2. The molecule has 2 atom stereocenters. The second-order valence-corrected chi connectivity index (χ2v) is 6.88. The lowest BCUT2D eigenvalue weighted by atomic mass is 9.51. The summed E-state index contributed by atoms with van der Waals surface area (Å²) in [7, 11) is 3.39. The summed E-state index contributed by atoms with van der Waals surface area (Å²) in [4.78, 5) is 4.33. The van der Waals surface area contributed by atoms with Gasteiger partial charge in [0.2, 0.25) is 0 Å². The van der Waals surface area contributed by atoms with Gasteiger partial charge in [0, 0.05) is 37.2 Å². The van der Waals surface area contributed by atoms with Crippen molar-refractivity contribution in [1.29, 1.82) is 0 Å². The fourth-order valence-corrected chi connectivity index (χ4v) is 4.01. The number of methoxy groups -OCH3 is 1. The van der Waals surface area contributed by atoms with Crippen molar-refractivity contribution in [3.05, 3.63) is 23.8 Å². The molecule has 1 spiro atoms. The van der Waals surface area contributed by atoms with E-state index in [-0.39, 0.29) is 11.2 Å². The molecular formula is C19H29N3O3. The number of hydrogen-bond acceptors (Lipinski definition) is 4. The summed E-state index contributed by atoms with van der Waals surface area (Å²) in [6, 6.07) is 5.63. The fourth-order valence-electron chi connectivity index (χ4n) is 4.01. The molecule has 1 aromatic carbocycles. The van der Waals surface area contributed by atoms with E-state index in [2.05, 4.69) is 22.5 Å². The zero-order valence-electron chi connectivity index (χ0n) is 15.3. The van der Waals surface area contributed by atoms with E-state index in [1.807, 2.05) is 6.07 Å². The Morgan fingerprint density at radius 2 is 2.20 bits per heavy atom. The Labute approximate surface area is 149 Å². The number of aromatic hydroxyl groups is 1. The minimum absolute atomic E-state index is 0.249. The van der Waals surface area contributed by atoms with Crippen molar-refractivity contribution in [3.8, 4) is 11.5 Å². The molecule has 0 radical (unpaired) electrons. The number of rotatable bonds is 6. The number of benzene rings is 1. The number of hydrogen-bond donors (Lipinski definition) is 3. The molecular weight excluding hydrogens is 318 g/mol. The van der Waals surface area contributed by atoms with Crippen LogP contribution in [-0.2, 0) is 11.3 Å². The SMILES string of the molecule is CCOC1CC(NC(=NC)NCc2cc(OC)ccc2O)C12CCC2. The molecule has 25 heavy (non-hydrogen) atoms. The lowest BCUT2D eigenvalue weighted by molar-refractivity contribution is -0.168. The van der Waals surface area contributed by atoms with E-state index >= 15 is 0 Å². The molecule has 0 bridgehead atoms. The van der Waals surface area contributed by atoms with Crippen LogP contribution < -0.4 is 15.4 Å². The van der Waals surface area contributed by atoms with Gasteiger partial charge in [-0.1, -0.05) is 6.42 Å². The van der Waals surface area contributed by atoms with Crippen LogP contribution in [0.25, 0.3) is 0 Å². The number of aliphatic imine (C=N–C) groups is 1. The third-order valence-corrected chi connectivity index (χ3v) is 5.70. The average molecular weight is 347 g/mol. The number of guanidine groups is 1. The third kappa shape index (κ3) is 3.40. The van der Waals surface area contributed by atoms with Crippen molar-refractivity contribution in [3.63, 3.8) is 0 Å². The summed E-state index contributed by atoms with van der Waals surface area (Å²) in [6.07, 6.45) is 5.14. The molecule has 0 aromatic heterocycles. The minimum atomic E-state index is 0.249. The number of phenols is 1. The molecule has 0 amide bonds. The van der Waals surface area contributed by atoms with Crippen molar-refractivity contribution in [2.75, 3.05) is 20.8 Å². The molecule has 3 N–H and O–H groups in total. The van der Waals surface area contributed by atoms with Crippen molar-refractivity contribution >= 4 is 5.96 Å². The summed E-state index contributed by atoms with van der Waals surface area (Å²) in [5.74, 6) is 1.73. The summed E-state index contributed by atoms with van der Waals surface area (Å²) in [5, 5.41) is 16.8. The smallest absolute Gasteiger partial charge is 0.191 e. The summed E-state index contributed by atoms with van der Waals surface area (Å²) in [6.45, 7) is 3.33. The lowest BCUT2D eigenvalue weighted by Crippen LogP contribution is -2.68. The van der Waals surface area contributed by atoms with Crippen LogP contribution in [0.15, 0.2) is 23.2 Å².